The summed E-state index contributed by atoms with van der Waals surface area (Å²) in [5.74, 6) is -0.161. The Balaban J connectivity index is 0.00000256. The molecule has 0 unspecified atom stereocenters. The minimum Gasteiger partial charge on any atom is -0.325 e. The summed E-state index contributed by atoms with van der Waals surface area (Å²) in [7, 11) is 0. The maximum absolute atomic E-state index is 11.8. The van der Waals surface area contributed by atoms with Crippen LogP contribution >= 0.6 is 28.3 Å². The van der Waals surface area contributed by atoms with Gasteiger partial charge in [-0.15, -0.1) is 12.4 Å². The third-order valence-electron chi connectivity index (χ3n) is 2.31. The van der Waals surface area contributed by atoms with E-state index >= 15 is 0 Å². The molecule has 0 fully saturated rings. The van der Waals surface area contributed by atoms with E-state index in [1.165, 1.54) is 0 Å². The number of hydrogen-bond donors (Lipinski definition) is 2. The predicted molar refractivity (Wildman–Crippen MR) is 77.5 cm³/mol. The molecule has 3 N–H and O–H groups in total. The van der Waals surface area contributed by atoms with Crippen LogP contribution in [0, 0.1) is 5.41 Å². The highest BCUT2D eigenvalue weighted by Gasteiger charge is 2.27. The summed E-state index contributed by atoms with van der Waals surface area (Å²) in [5.41, 5.74) is 6.37. The lowest BCUT2D eigenvalue weighted by molar-refractivity contribution is -0.119. The molecule has 0 bridgehead atoms. The van der Waals surface area contributed by atoms with E-state index < -0.39 is 6.04 Å². The molecule has 3 nitrogen and oxygen atoms in total. The minimum atomic E-state index is -0.522. The second-order valence-corrected chi connectivity index (χ2v) is 5.76. The molecule has 0 aliphatic heterocycles. The molecule has 0 aliphatic rings. The number of amides is 1. The second-order valence-electron chi connectivity index (χ2n) is 4.84. The number of carbonyl (C=O) groups excluding carboxylic acids is 1. The van der Waals surface area contributed by atoms with Crippen molar-refractivity contribution in [3.8, 4) is 0 Å². The summed E-state index contributed by atoms with van der Waals surface area (Å²) in [5, 5.41) is 2.80. The van der Waals surface area contributed by atoms with Gasteiger partial charge in [0.1, 0.15) is 0 Å². The highest BCUT2D eigenvalue weighted by Crippen LogP contribution is 2.20. The molecule has 5 heteroatoms. The fraction of sp³-hybridized carbons (Fsp3) is 0.417. The van der Waals surface area contributed by atoms with Crippen LogP contribution in [0.1, 0.15) is 20.8 Å². The van der Waals surface area contributed by atoms with Crippen LogP contribution < -0.4 is 11.1 Å². The first-order valence-corrected chi connectivity index (χ1v) is 5.92. The first-order chi connectivity index (χ1) is 7.30. The van der Waals surface area contributed by atoms with E-state index in [9.17, 15) is 4.79 Å². The van der Waals surface area contributed by atoms with Gasteiger partial charge in [0.15, 0.2) is 0 Å². The van der Waals surface area contributed by atoms with Crippen LogP contribution in [0.3, 0.4) is 0 Å². The van der Waals surface area contributed by atoms with Crippen LogP contribution in [0.5, 0.6) is 0 Å². The van der Waals surface area contributed by atoms with Crippen molar-refractivity contribution in [1.82, 2.24) is 0 Å². The highest BCUT2D eigenvalue weighted by atomic mass is 79.9. The first-order valence-electron chi connectivity index (χ1n) is 5.13. The van der Waals surface area contributed by atoms with Crippen molar-refractivity contribution in [3.05, 3.63) is 28.7 Å². The van der Waals surface area contributed by atoms with Crippen LogP contribution in [0.25, 0.3) is 0 Å². The molecule has 96 valence electrons. The zero-order valence-corrected chi connectivity index (χ0v) is 12.6. The van der Waals surface area contributed by atoms with Gasteiger partial charge in [-0.3, -0.25) is 4.79 Å². The molecule has 0 radical (unpaired) electrons. The Morgan fingerprint density at radius 1 is 1.41 bits per heavy atom. The second kappa shape index (κ2) is 6.38. The zero-order valence-electron chi connectivity index (χ0n) is 10.2. The number of nitrogens with two attached hydrogens (primary N) is 1. The van der Waals surface area contributed by atoms with Gasteiger partial charge >= 0.3 is 0 Å². The van der Waals surface area contributed by atoms with Gasteiger partial charge in [0.2, 0.25) is 5.91 Å². The highest BCUT2D eigenvalue weighted by molar-refractivity contribution is 9.10. The van der Waals surface area contributed by atoms with Crippen LogP contribution in [-0.2, 0) is 4.79 Å². The summed E-state index contributed by atoms with van der Waals surface area (Å²) in [6, 6.07) is 6.92. The number of nitrogens with one attached hydrogen (secondary N) is 1. The number of hydrogen-bond acceptors (Lipinski definition) is 2. The van der Waals surface area contributed by atoms with Crippen molar-refractivity contribution in [2.45, 2.75) is 26.8 Å². The Morgan fingerprint density at radius 2 is 2.00 bits per heavy atom. The van der Waals surface area contributed by atoms with E-state index in [-0.39, 0.29) is 23.7 Å². The zero-order chi connectivity index (χ0) is 12.3. The average Bonchev–Trinajstić information content (AvgIpc) is 2.15. The van der Waals surface area contributed by atoms with E-state index in [0.29, 0.717) is 0 Å². The molecule has 17 heavy (non-hydrogen) atoms. The Bertz CT molecular complexity index is 390. The monoisotopic (exact) mass is 320 g/mol. The number of anilines is 1. The normalized spacial score (nSPS) is 12.5. The molecule has 0 aromatic heterocycles. The van der Waals surface area contributed by atoms with Crippen LogP contribution in [0.15, 0.2) is 28.7 Å². The van der Waals surface area contributed by atoms with Gasteiger partial charge in [0, 0.05) is 10.2 Å². The first kappa shape index (κ1) is 16.4. The van der Waals surface area contributed by atoms with Gasteiger partial charge in [0.05, 0.1) is 6.04 Å². The Labute approximate surface area is 117 Å². The standard InChI is InChI=1S/C12H17BrN2O.ClH/c1-12(2,3)10(14)11(16)15-9-6-4-5-8(13)7-9;/h4-7,10H,14H2,1-3H3,(H,15,16);1H/t10-;/m1./s1. The Morgan fingerprint density at radius 3 is 2.47 bits per heavy atom. The van der Waals surface area contributed by atoms with Gasteiger partial charge in [-0.25, -0.2) is 0 Å². The fourth-order valence-corrected chi connectivity index (χ4v) is 1.58. The van der Waals surface area contributed by atoms with E-state index in [2.05, 4.69) is 21.2 Å². The van der Waals surface area contributed by atoms with Crippen molar-refractivity contribution < 1.29 is 4.79 Å². The van der Waals surface area contributed by atoms with Crippen molar-refractivity contribution in [1.29, 1.82) is 0 Å². The van der Waals surface area contributed by atoms with Gasteiger partial charge < -0.3 is 11.1 Å². The van der Waals surface area contributed by atoms with E-state index in [0.717, 1.165) is 10.2 Å². The molecule has 0 aliphatic carbocycles. The van der Waals surface area contributed by atoms with Gasteiger partial charge in [0.25, 0.3) is 0 Å². The van der Waals surface area contributed by atoms with Crippen molar-refractivity contribution in [3.63, 3.8) is 0 Å². The average molecular weight is 322 g/mol. The van der Waals surface area contributed by atoms with E-state index in [1.807, 2.05) is 45.0 Å². The molecule has 1 amide bonds. The lowest BCUT2D eigenvalue weighted by atomic mass is 9.87. The number of carbonyl (C=O) groups is 1. The smallest absolute Gasteiger partial charge is 0.241 e. The van der Waals surface area contributed by atoms with Crippen molar-refractivity contribution in [2.75, 3.05) is 5.32 Å². The van der Waals surface area contributed by atoms with E-state index in [1.54, 1.807) is 0 Å². The van der Waals surface area contributed by atoms with Crippen LogP contribution in [-0.4, -0.2) is 11.9 Å². The predicted octanol–water partition coefficient (Wildman–Crippen LogP) is 3.18. The number of rotatable bonds is 2. The molecule has 1 atom stereocenters. The molecule has 0 spiro atoms. The summed E-state index contributed by atoms with van der Waals surface area (Å²) >= 11 is 3.35. The van der Waals surface area contributed by atoms with E-state index in [4.69, 9.17) is 5.73 Å². The summed E-state index contributed by atoms with van der Waals surface area (Å²) < 4.78 is 0.926. The Kier molecular flexibility index (Phi) is 6.16. The maximum atomic E-state index is 11.8. The largest absolute Gasteiger partial charge is 0.325 e. The quantitative estimate of drug-likeness (QED) is 0.879. The van der Waals surface area contributed by atoms with Crippen molar-refractivity contribution >= 4 is 39.9 Å². The Hall–Kier alpha value is -0.580. The SMILES string of the molecule is CC(C)(C)[C@H](N)C(=O)Nc1cccc(Br)c1.Cl. The topological polar surface area (TPSA) is 55.1 Å². The van der Waals surface area contributed by atoms with Crippen molar-refractivity contribution in [2.24, 2.45) is 11.1 Å². The number of benzene rings is 1. The number of halogens is 2. The molecular formula is C12H18BrClN2O. The van der Waals surface area contributed by atoms with Crippen LogP contribution in [0.4, 0.5) is 5.69 Å². The third kappa shape index (κ3) is 5.06. The molecule has 0 saturated carbocycles. The summed E-state index contributed by atoms with van der Waals surface area (Å²) in [4.78, 5) is 11.8. The molecule has 1 aromatic rings. The lowest BCUT2D eigenvalue weighted by Gasteiger charge is -2.25. The maximum Gasteiger partial charge on any atom is 0.241 e. The van der Waals surface area contributed by atoms with Gasteiger partial charge in [-0.1, -0.05) is 42.8 Å². The molecular weight excluding hydrogens is 304 g/mol. The van der Waals surface area contributed by atoms with Gasteiger partial charge in [-0.2, -0.15) is 0 Å². The molecule has 1 aromatic carbocycles. The molecule has 0 saturated heterocycles. The molecule has 0 heterocycles. The third-order valence-corrected chi connectivity index (χ3v) is 2.80. The van der Waals surface area contributed by atoms with Crippen LogP contribution in [0.2, 0.25) is 0 Å². The summed E-state index contributed by atoms with van der Waals surface area (Å²) in [6.45, 7) is 5.83. The molecule has 1 rings (SSSR count). The fourth-order valence-electron chi connectivity index (χ4n) is 1.18. The van der Waals surface area contributed by atoms with Gasteiger partial charge in [-0.05, 0) is 23.6 Å². The summed E-state index contributed by atoms with van der Waals surface area (Å²) in [6.07, 6.45) is 0. The lowest BCUT2D eigenvalue weighted by Crippen LogP contribution is -2.45. The minimum absolute atomic E-state index is 0.